The summed E-state index contributed by atoms with van der Waals surface area (Å²) in [6.45, 7) is 0. The van der Waals surface area contributed by atoms with Crippen molar-refractivity contribution in [2.75, 3.05) is 25.2 Å². The molecule has 1 aromatic rings. The normalized spacial score (nSPS) is 9.83. The van der Waals surface area contributed by atoms with Crippen LogP contribution in [0.15, 0.2) is 24.3 Å². The predicted molar refractivity (Wildman–Crippen MR) is 47.4 cm³/mol. The number of nitrogens with two attached hydrogens (primary N) is 1. The van der Waals surface area contributed by atoms with Crippen LogP contribution in [0.25, 0.3) is 0 Å². The van der Waals surface area contributed by atoms with Gasteiger partial charge in [0, 0.05) is 5.69 Å². The number of hydrogen-bond donors (Lipinski definition) is 1. The van der Waals surface area contributed by atoms with Crippen molar-refractivity contribution in [1.29, 1.82) is 0 Å². The van der Waals surface area contributed by atoms with Gasteiger partial charge in [0.2, 0.25) is 0 Å². The predicted octanol–water partition coefficient (Wildman–Crippen LogP) is 1.20. The third kappa shape index (κ3) is 1.87. The van der Waals surface area contributed by atoms with Crippen LogP contribution < -0.4 is 11.0 Å². The molecule has 0 aromatic heterocycles. The molecule has 66 valence electrons. The van der Waals surface area contributed by atoms with E-state index >= 15 is 0 Å². The fourth-order valence-corrected chi connectivity index (χ4v) is 0.881. The number of hydrogen-bond acceptors (Lipinski definition) is 4. The Balaban J connectivity index is 2.80. The highest BCUT2D eigenvalue weighted by Gasteiger charge is 2.01. The Hall–Kier alpha value is -1.26. The number of benzene rings is 1. The van der Waals surface area contributed by atoms with Crippen molar-refractivity contribution in [2.24, 2.45) is 0 Å². The van der Waals surface area contributed by atoms with Crippen LogP contribution in [0.1, 0.15) is 0 Å². The summed E-state index contributed by atoms with van der Waals surface area (Å²) in [5, 5.41) is 1.29. The minimum atomic E-state index is 0.714. The molecule has 0 amide bonds. The van der Waals surface area contributed by atoms with Crippen molar-refractivity contribution in [3.8, 4) is 0 Å². The van der Waals surface area contributed by atoms with Gasteiger partial charge < -0.3 is 5.73 Å². The van der Waals surface area contributed by atoms with Crippen molar-refractivity contribution < 1.29 is 9.68 Å². The SMILES string of the molecule is CON(OC)c1ccc(N)cc1. The second kappa shape index (κ2) is 3.94. The van der Waals surface area contributed by atoms with E-state index in [1.54, 1.807) is 12.1 Å². The highest BCUT2D eigenvalue weighted by molar-refractivity contribution is 5.50. The van der Waals surface area contributed by atoms with E-state index in [-0.39, 0.29) is 0 Å². The Bertz CT molecular complexity index is 231. The Morgan fingerprint density at radius 1 is 1.08 bits per heavy atom. The van der Waals surface area contributed by atoms with Gasteiger partial charge in [-0.1, -0.05) is 0 Å². The van der Waals surface area contributed by atoms with E-state index in [9.17, 15) is 0 Å². The maximum Gasteiger partial charge on any atom is 0.0948 e. The van der Waals surface area contributed by atoms with Crippen LogP contribution in [0.2, 0.25) is 0 Å². The molecule has 4 heteroatoms. The van der Waals surface area contributed by atoms with Crippen molar-refractivity contribution in [1.82, 2.24) is 0 Å². The molecule has 0 aliphatic rings. The summed E-state index contributed by atoms with van der Waals surface area (Å²) < 4.78 is 0. The summed E-state index contributed by atoms with van der Waals surface area (Å²) in [7, 11) is 3.06. The molecule has 1 rings (SSSR count). The average molecular weight is 168 g/mol. The van der Waals surface area contributed by atoms with Crippen LogP contribution in [0.3, 0.4) is 0 Å². The molecule has 0 saturated carbocycles. The Labute approximate surface area is 71.4 Å². The van der Waals surface area contributed by atoms with Crippen LogP contribution in [0.4, 0.5) is 11.4 Å². The maximum atomic E-state index is 5.51. The monoisotopic (exact) mass is 168 g/mol. The topological polar surface area (TPSA) is 47.7 Å². The summed E-state index contributed by atoms with van der Waals surface area (Å²) >= 11 is 0. The van der Waals surface area contributed by atoms with Gasteiger partial charge >= 0.3 is 0 Å². The zero-order chi connectivity index (χ0) is 8.97. The Kier molecular flexibility index (Phi) is 2.90. The highest BCUT2D eigenvalue weighted by atomic mass is 16.9. The van der Waals surface area contributed by atoms with Crippen molar-refractivity contribution in [2.45, 2.75) is 0 Å². The van der Waals surface area contributed by atoms with Crippen LogP contribution >= 0.6 is 0 Å². The van der Waals surface area contributed by atoms with Crippen LogP contribution in [-0.4, -0.2) is 14.2 Å². The molecule has 1 aromatic carbocycles. The van der Waals surface area contributed by atoms with Crippen LogP contribution in [0, 0.1) is 0 Å². The van der Waals surface area contributed by atoms with E-state index in [4.69, 9.17) is 15.4 Å². The molecule has 0 heterocycles. The first-order chi connectivity index (χ1) is 5.77. The van der Waals surface area contributed by atoms with Crippen molar-refractivity contribution in [3.05, 3.63) is 24.3 Å². The van der Waals surface area contributed by atoms with Crippen molar-refractivity contribution in [3.63, 3.8) is 0 Å². The molecule has 0 unspecified atom stereocenters. The van der Waals surface area contributed by atoms with Gasteiger partial charge in [0.15, 0.2) is 0 Å². The smallest absolute Gasteiger partial charge is 0.0948 e. The molecule has 0 bridgehead atoms. The van der Waals surface area contributed by atoms with E-state index in [0.717, 1.165) is 5.69 Å². The van der Waals surface area contributed by atoms with E-state index < -0.39 is 0 Å². The number of nitrogens with zero attached hydrogens (tertiary/aromatic N) is 1. The first-order valence-electron chi connectivity index (χ1n) is 3.52. The number of rotatable bonds is 3. The first-order valence-corrected chi connectivity index (χ1v) is 3.52. The molecule has 2 N–H and O–H groups in total. The van der Waals surface area contributed by atoms with Crippen LogP contribution in [-0.2, 0) is 9.68 Å². The molecule has 0 atom stereocenters. The van der Waals surface area contributed by atoms with Gasteiger partial charge in [0.25, 0.3) is 0 Å². The molecule has 0 saturated heterocycles. The summed E-state index contributed by atoms with van der Waals surface area (Å²) in [6, 6.07) is 7.17. The lowest BCUT2D eigenvalue weighted by molar-refractivity contribution is -0.0433. The lowest BCUT2D eigenvalue weighted by Gasteiger charge is -2.17. The molecule has 4 nitrogen and oxygen atoms in total. The zero-order valence-electron chi connectivity index (χ0n) is 7.15. The van der Waals surface area contributed by atoms with Gasteiger partial charge in [0.1, 0.15) is 0 Å². The van der Waals surface area contributed by atoms with E-state index in [1.807, 2.05) is 12.1 Å². The Morgan fingerprint density at radius 3 is 2.00 bits per heavy atom. The third-order valence-electron chi connectivity index (χ3n) is 1.44. The second-order valence-corrected chi connectivity index (χ2v) is 2.21. The quantitative estimate of drug-likeness (QED) is 0.544. The van der Waals surface area contributed by atoms with Crippen LogP contribution in [0.5, 0.6) is 0 Å². The number of nitrogen functional groups attached to an aromatic ring is 1. The summed E-state index contributed by atoms with van der Waals surface area (Å²) in [6.07, 6.45) is 0. The molecule has 0 aliphatic heterocycles. The van der Waals surface area contributed by atoms with Gasteiger partial charge in [-0.05, 0) is 24.3 Å². The highest BCUT2D eigenvalue weighted by Crippen LogP contribution is 2.15. The standard InChI is InChI=1S/C8H12N2O2/c1-11-10(12-2)8-5-3-7(9)4-6-8/h3-6H,9H2,1-2H3. The zero-order valence-corrected chi connectivity index (χ0v) is 7.15. The lowest BCUT2D eigenvalue weighted by Crippen LogP contribution is -2.19. The molecular weight excluding hydrogens is 156 g/mol. The summed E-state index contributed by atoms with van der Waals surface area (Å²) in [4.78, 5) is 9.79. The lowest BCUT2D eigenvalue weighted by atomic mass is 10.3. The second-order valence-electron chi connectivity index (χ2n) is 2.21. The molecule has 0 spiro atoms. The van der Waals surface area contributed by atoms with Crippen molar-refractivity contribution >= 4 is 11.4 Å². The van der Waals surface area contributed by atoms with Gasteiger partial charge in [-0.15, -0.1) is 5.23 Å². The summed E-state index contributed by atoms with van der Waals surface area (Å²) in [5.41, 5.74) is 7.02. The average Bonchev–Trinajstić information content (AvgIpc) is 2.10. The van der Waals surface area contributed by atoms with E-state index in [2.05, 4.69) is 0 Å². The van der Waals surface area contributed by atoms with Gasteiger partial charge in [-0.3, -0.25) is 9.68 Å². The van der Waals surface area contributed by atoms with E-state index in [1.165, 1.54) is 19.4 Å². The van der Waals surface area contributed by atoms with Gasteiger partial charge in [-0.2, -0.15) is 0 Å². The molecular formula is C8H12N2O2. The Morgan fingerprint density at radius 2 is 1.58 bits per heavy atom. The first kappa shape index (κ1) is 8.83. The largest absolute Gasteiger partial charge is 0.399 e. The fraction of sp³-hybridized carbons (Fsp3) is 0.250. The molecule has 12 heavy (non-hydrogen) atoms. The third-order valence-corrected chi connectivity index (χ3v) is 1.44. The molecule has 0 aliphatic carbocycles. The molecule has 0 fully saturated rings. The van der Waals surface area contributed by atoms with Gasteiger partial charge in [-0.25, -0.2) is 0 Å². The minimum Gasteiger partial charge on any atom is -0.399 e. The summed E-state index contributed by atoms with van der Waals surface area (Å²) in [5.74, 6) is 0. The van der Waals surface area contributed by atoms with Gasteiger partial charge in [0.05, 0.1) is 19.9 Å². The fourth-order valence-electron chi connectivity index (χ4n) is 0.881. The number of anilines is 2. The molecule has 0 radical (unpaired) electrons. The minimum absolute atomic E-state index is 0.714. The maximum absolute atomic E-state index is 5.51. The van der Waals surface area contributed by atoms with E-state index in [0.29, 0.717) is 5.69 Å².